The third kappa shape index (κ3) is 2.04. The third-order valence-electron chi connectivity index (χ3n) is 3.48. The van der Waals surface area contributed by atoms with Crippen LogP contribution in [0.3, 0.4) is 0 Å². The molecule has 0 aliphatic carbocycles. The standard InChI is InChI=1S/C13H18ClNO/c1-13(2,8-15)11-5-6-16-12-7-9(14)3-4-10(11)12/h3-4,7,11H,5-6,8,15H2,1-2H3. The second kappa shape index (κ2) is 4.27. The zero-order valence-electron chi connectivity index (χ0n) is 9.79. The molecule has 0 radical (unpaired) electrons. The lowest BCUT2D eigenvalue weighted by Gasteiger charge is -2.37. The molecule has 0 spiro atoms. The van der Waals surface area contributed by atoms with Crippen LogP contribution >= 0.6 is 11.6 Å². The van der Waals surface area contributed by atoms with Crippen molar-refractivity contribution in [3.8, 4) is 5.75 Å². The number of halogens is 1. The number of hydrogen-bond donors (Lipinski definition) is 1. The monoisotopic (exact) mass is 239 g/mol. The molecule has 1 aromatic carbocycles. The molecule has 0 fully saturated rings. The zero-order chi connectivity index (χ0) is 11.8. The van der Waals surface area contributed by atoms with Gasteiger partial charge in [-0.3, -0.25) is 0 Å². The Morgan fingerprint density at radius 2 is 2.25 bits per heavy atom. The van der Waals surface area contributed by atoms with Crippen molar-refractivity contribution in [3.05, 3.63) is 28.8 Å². The Bertz CT molecular complexity index is 390. The number of ether oxygens (including phenoxy) is 1. The number of fused-ring (bicyclic) bond motifs is 1. The zero-order valence-corrected chi connectivity index (χ0v) is 10.6. The van der Waals surface area contributed by atoms with Crippen molar-refractivity contribution in [2.24, 2.45) is 11.1 Å². The number of hydrogen-bond acceptors (Lipinski definition) is 2. The van der Waals surface area contributed by atoms with Crippen LogP contribution in [0.1, 0.15) is 31.7 Å². The minimum atomic E-state index is 0.104. The lowest BCUT2D eigenvalue weighted by atomic mass is 9.72. The summed E-state index contributed by atoms with van der Waals surface area (Å²) in [4.78, 5) is 0. The third-order valence-corrected chi connectivity index (χ3v) is 3.72. The average molecular weight is 240 g/mol. The summed E-state index contributed by atoms with van der Waals surface area (Å²) in [5.41, 5.74) is 7.20. The molecule has 1 atom stereocenters. The first-order valence-corrected chi connectivity index (χ1v) is 6.05. The summed E-state index contributed by atoms with van der Waals surface area (Å²) >= 11 is 5.97. The minimum Gasteiger partial charge on any atom is -0.493 e. The number of benzene rings is 1. The van der Waals surface area contributed by atoms with Gasteiger partial charge in [0.25, 0.3) is 0 Å². The van der Waals surface area contributed by atoms with Crippen LogP contribution in [0, 0.1) is 5.41 Å². The van der Waals surface area contributed by atoms with Crippen molar-refractivity contribution >= 4 is 11.6 Å². The van der Waals surface area contributed by atoms with Crippen molar-refractivity contribution in [2.75, 3.05) is 13.2 Å². The van der Waals surface area contributed by atoms with E-state index in [1.54, 1.807) is 0 Å². The van der Waals surface area contributed by atoms with Crippen LogP contribution in [0.15, 0.2) is 18.2 Å². The fourth-order valence-electron chi connectivity index (χ4n) is 2.32. The molecule has 0 saturated heterocycles. The van der Waals surface area contributed by atoms with E-state index in [0.717, 1.165) is 23.8 Å². The summed E-state index contributed by atoms with van der Waals surface area (Å²) in [5, 5.41) is 0.727. The van der Waals surface area contributed by atoms with Gasteiger partial charge in [0.1, 0.15) is 5.75 Å². The molecule has 0 aromatic heterocycles. The largest absolute Gasteiger partial charge is 0.493 e. The molecule has 1 aromatic rings. The van der Waals surface area contributed by atoms with Crippen LogP contribution in [0.25, 0.3) is 0 Å². The Kier molecular flexibility index (Phi) is 3.13. The van der Waals surface area contributed by atoms with E-state index < -0.39 is 0 Å². The van der Waals surface area contributed by atoms with Crippen LogP contribution in [0.4, 0.5) is 0 Å². The quantitative estimate of drug-likeness (QED) is 0.860. The minimum absolute atomic E-state index is 0.104. The first kappa shape index (κ1) is 11.7. The molecular formula is C13H18ClNO. The Morgan fingerprint density at radius 1 is 1.50 bits per heavy atom. The first-order valence-electron chi connectivity index (χ1n) is 5.67. The predicted octanol–water partition coefficient (Wildman–Crippen LogP) is 3.19. The van der Waals surface area contributed by atoms with Gasteiger partial charge in [-0.2, -0.15) is 0 Å². The predicted molar refractivity (Wildman–Crippen MR) is 67.1 cm³/mol. The van der Waals surface area contributed by atoms with Crippen LogP contribution in [-0.2, 0) is 0 Å². The fourth-order valence-corrected chi connectivity index (χ4v) is 2.48. The van der Waals surface area contributed by atoms with Crippen molar-refractivity contribution in [2.45, 2.75) is 26.2 Å². The molecule has 0 bridgehead atoms. The Morgan fingerprint density at radius 3 is 2.94 bits per heavy atom. The second-order valence-corrected chi connectivity index (χ2v) is 5.50. The summed E-state index contributed by atoms with van der Waals surface area (Å²) in [6, 6.07) is 5.89. The smallest absolute Gasteiger partial charge is 0.124 e. The maximum Gasteiger partial charge on any atom is 0.124 e. The highest BCUT2D eigenvalue weighted by Crippen LogP contribution is 2.44. The van der Waals surface area contributed by atoms with Gasteiger partial charge in [-0.15, -0.1) is 0 Å². The summed E-state index contributed by atoms with van der Waals surface area (Å²) in [6.07, 6.45) is 1.03. The van der Waals surface area contributed by atoms with Gasteiger partial charge in [0.15, 0.2) is 0 Å². The highest BCUT2D eigenvalue weighted by molar-refractivity contribution is 6.30. The van der Waals surface area contributed by atoms with Crippen LogP contribution in [-0.4, -0.2) is 13.2 Å². The molecule has 1 aliphatic rings. The van der Waals surface area contributed by atoms with E-state index in [4.69, 9.17) is 22.1 Å². The van der Waals surface area contributed by atoms with Crippen LogP contribution in [0.5, 0.6) is 5.75 Å². The van der Waals surface area contributed by atoms with E-state index in [0.29, 0.717) is 12.5 Å². The lowest BCUT2D eigenvalue weighted by molar-refractivity contribution is 0.195. The first-order chi connectivity index (χ1) is 7.54. The number of nitrogens with two attached hydrogens (primary N) is 1. The van der Waals surface area contributed by atoms with E-state index in [1.807, 2.05) is 12.1 Å². The molecule has 2 N–H and O–H groups in total. The number of rotatable bonds is 2. The topological polar surface area (TPSA) is 35.2 Å². The Hall–Kier alpha value is -0.730. The molecule has 3 heteroatoms. The van der Waals surface area contributed by atoms with Gasteiger partial charge in [0.2, 0.25) is 0 Å². The van der Waals surface area contributed by atoms with Gasteiger partial charge in [0, 0.05) is 5.02 Å². The van der Waals surface area contributed by atoms with Gasteiger partial charge in [-0.05, 0) is 42.0 Å². The Balaban J connectivity index is 2.40. The van der Waals surface area contributed by atoms with E-state index in [2.05, 4.69) is 19.9 Å². The van der Waals surface area contributed by atoms with Crippen molar-refractivity contribution in [1.82, 2.24) is 0 Å². The summed E-state index contributed by atoms with van der Waals surface area (Å²) in [5.74, 6) is 1.38. The van der Waals surface area contributed by atoms with Gasteiger partial charge in [-0.1, -0.05) is 31.5 Å². The SMILES string of the molecule is CC(C)(CN)C1CCOc2cc(Cl)ccc21. The van der Waals surface area contributed by atoms with Crippen LogP contribution < -0.4 is 10.5 Å². The van der Waals surface area contributed by atoms with Gasteiger partial charge >= 0.3 is 0 Å². The lowest BCUT2D eigenvalue weighted by Crippen LogP contribution is -2.33. The summed E-state index contributed by atoms with van der Waals surface area (Å²) in [6.45, 7) is 5.85. The molecule has 1 unspecified atom stereocenters. The fraction of sp³-hybridized carbons (Fsp3) is 0.538. The van der Waals surface area contributed by atoms with E-state index in [1.165, 1.54) is 5.56 Å². The molecule has 0 amide bonds. The molecule has 1 heterocycles. The molecule has 16 heavy (non-hydrogen) atoms. The molecule has 0 saturated carbocycles. The van der Waals surface area contributed by atoms with Gasteiger partial charge < -0.3 is 10.5 Å². The normalized spacial score (nSPS) is 20.1. The highest BCUT2D eigenvalue weighted by atomic mass is 35.5. The maximum atomic E-state index is 5.97. The van der Waals surface area contributed by atoms with Crippen molar-refractivity contribution in [3.63, 3.8) is 0 Å². The van der Waals surface area contributed by atoms with Crippen molar-refractivity contribution in [1.29, 1.82) is 0 Å². The molecule has 2 rings (SSSR count). The van der Waals surface area contributed by atoms with Gasteiger partial charge in [0.05, 0.1) is 6.61 Å². The van der Waals surface area contributed by atoms with E-state index in [9.17, 15) is 0 Å². The maximum absolute atomic E-state index is 5.97. The summed E-state index contributed by atoms with van der Waals surface area (Å²) < 4.78 is 5.65. The van der Waals surface area contributed by atoms with Crippen LogP contribution in [0.2, 0.25) is 5.02 Å². The Labute approximate surface area is 102 Å². The summed E-state index contributed by atoms with van der Waals surface area (Å²) in [7, 11) is 0. The second-order valence-electron chi connectivity index (χ2n) is 5.06. The van der Waals surface area contributed by atoms with Crippen molar-refractivity contribution < 1.29 is 4.74 Å². The average Bonchev–Trinajstić information content (AvgIpc) is 2.27. The molecule has 2 nitrogen and oxygen atoms in total. The molecular weight excluding hydrogens is 222 g/mol. The van der Waals surface area contributed by atoms with E-state index >= 15 is 0 Å². The molecule has 88 valence electrons. The highest BCUT2D eigenvalue weighted by Gasteiger charge is 2.33. The van der Waals surface area contributed by atoms with E-state index in [-0.39, 0.29) is 5.41 Å². The molecule has 1 aliphatic heterocycles. The van der Waals surface area contributed by atoms with Gasteiger partial charge in [-0.25, -0.2) is 0 Å².